The summed E-state index contributed by atoms with van der Waals surface area (Å²) < 4.78 is 4.83. The van der Waals surface area contributed by atoms with Gasteiger partial charge in [0.1, 0.15) is 0 Å². The summed E-state index contributed by atoms with van der Waals surface area (Å²) in [5, 5.41) is 0. The van der Waals surface area contributed by atoms with Crippen LogP contribution in [0.25, 0.3) is 17.3 Å². The first kappa shape index (κ1) is 12.1. The van der Waals surface area contributed by atoms with Gasteiger partial charge in [-0.3, -0.25) is 0 Å². The highest BCUT2D eigenvalue weighted by Gasteiger charge is 2.05. The van der Waals surface area contributed by atoms with Crippen LogP contribution < -0.4 is 0 Å². The van der Waals surface area contributed by atoms with Gasteiger partial charge in [-0.05, 0) is 13.0 Å². The van der Waals surface area contributed by atoms with Crippen LogP contribution in [0.3, 0.4) is 0 Å². The van der Waals surface area contributed by atoms with Crippen molar-refractivity contribution < 1.29 is 9.53 Å². The van der Waals surface area contributed by atoms with Gasteiger partial charge in [-0.25, -0.2) is 9.78 Å². The van der Waals surface area contributed by atoms with E-state index in [1.165, 1.54) is 6.08 Å². The summed E-state index contributed by atoms with van der Waals surface area (Å²) >= 11 is 0. The molecule has 2 rings (SSSR count). The molecule has 1 aromatic heterocycles. The maximum atomic E-state index is 11.2. The normalized spacial score (nSPS) is 10.7. The Balaban J connectivity index is 2.21. The first-order chi connectivity index (χ1) is 8.81. The third-order valence-corrected chi connectivity index (χ3v) is 2.39. The lowest BCUT2D eigenvalue weighted by Gasteiger charge is -1.98. The Morgan fingerprint density at radius 3 is 2.89 bits per heavy atom. The molecule has 1 N–H and O–H groups in total. The fraction of sp³-hybridized carbons (Fsp3) is 0.143. The number of ether oxygens (including phenoxy) is 1. The minimum absolute atomic E-state index is 0.355. The van der Waals surface area contributed by atoms with Crippen molar-refractivity contribution in [3.8, 4) is 11.3 Å². The van der Waals surface area contributed by atoms with Gasteiger partial charge in [-0.2, -0.15) is 0 Å². The molecule has 2 aromatic rings. The van der Waals surface area contributed by atoms with Crippen molar-refractivity contribution in [2.45, 2.75) is 6.92 Å². The van der Waals surface area contributed by atoms with E-state index < -0.39 is 0 Å². The Labute approximate surface area is 105 Å². The average Bonchev–Trinajstić information content (AvgIpc) is 2.86. The maximum Gasteiger partial charge on any atom is 0.330 e. The third-order valence-electron chi connectivity index (χ3n) is 2.39. The number of nitrogens with zero attached hydrogens (tertiary/aromatic N) is 1. The molecule has 0 aliphatic rings. The molecule has 1 aromatic carbocycles. The molecule has 92 valence electrons. The molecule has 1 heterocycles. The first-order valence-corrected chi connectivity index (χ1v) is 5.75. The van der Waals surface area contributed by atoms with Crippen LogP contribution in [0.5, 0.6) is 0 Å². The van der Waals surface area contributed by atoms with E-state index in [1.807, 2.05) is 30.3 Å². The predicted molar refractivity (Wildman–Crippen MR) is 69.7 cm³/mol. The van der Waals surface area contributed by atoms with Crippen LogP contribution in [-0.4, -0.2) is 22.5 Å². The second-order valence-electron chi connectivity index (χ2n) is 3.62. The van der Waals surface area contributed by atoms with Gasteiger partial charge < -0.3 is 9.72 Å². The fourth-order valence-corrected chi connectivity index (χ4v) is 1.60. The van der Waals surface area contributed by atoms with Gasteiger partial charge >= 0.3 is 5.97 Å². The first-order valence-electron chi connectivity index (χ1n) is 5.75. The second-order valence-corrected chi connectivity index (χ2v) is 3.62. The number of rotatable bonds is 4. The summed E-state index contributed by atoms with van der Waals surface area (Å²) in [7, 11) is 0. The lowest BCUT2D eigenvalue weighted by Crippen LogP contribution is -1.98. The summed E-state index contributed by atoms with van der Waals surface area (Å²) in [6, 6.07) is 9.78. The van der Waals surface area contributed by atoms with Gasteiger partial charge in [0.15, 0.2) is 0 Å². The SMILES string of the molecule is CCOC(=O)/C=C\c1[nH]cnc1-c1ccccc1. The van der Waals surface area contributed by atoms with E-state index in [0.717, 1.165) is 17.0 Å². The lowest BCUT2D eigenvalue weighted by molar-refractivity contribution is -0.137. The highest BCUT2D eigenvalue weighted by atomic mass is 16.5. The van der Waals surface area contributed by atoms with Gasteiger partial charge in [0.25, 0.3) is 0 Å². The highest BCUT2D eigenvalue weighted by Crippen LogP contribution is 2.20. The smallest absolute Gasteiger partial charge is 0.330 e. The van der Waals surface area contributed by atoms with E-state index in [2.05, 4.69) is 9.97 Å². The number of benzene rings is 1. The van der Waals surface area contributed by atoms with Crippen LogP contribution in [0, 0.1) is 0 Å². The number of hydrogen-bond acceptors (Lipinski definition) is 3. The van der Waals surface area contributed by atoms with E-state index >= 15 is 0 Å². The van der Waals surface area contributed by atoms with Crippen molar-refractivity contribution in [3.63, 3.8) is 0 Å². The van der Waals surface area contributed by atoms with E-state index in [4.69, 9.17) is 4.74 Å². The zero-order valence-corrected chi connectivity index (χ0v) is 10.1. The van der Waals surface area contributed by atoms with Crippen molar-refractivity contribution in [2.24, 2.45) is 0 Å². The summed E-state index contributed by atoms with van der Waals surface area (Å²) in [4.78, 5) is 18.5. The Morgan fingerprint density at radius 1 is 1.39 bits per heavy atom. The largest absolute Gasteiger partial charge is 0.463 e. The molecule has 0 fully saturated rings. The lowest BCUT2D eigenvalue weighted by atomic mass is 10.1. The Bertz CT molecular complexity index is 544. The van der Waals surface area contributed by atoms with Gasteiger partial charge in [-0.15, -0.1) is 0 Å². The molecule has 0 bridgehead atoms. The average molecular weight is 242 g/mol. The van der Waals surface area contributed by atoms with Crippen molar-refractivity contribution in [1.82, 2.24) is 9.97 Å². The van der Waals surface area contributed by atoms with Crippen LogP contribution >= 0.6 is 0 Å². The molecule has 0 aliphatic carbocycles. The van der Waals surface area contributed by atoms with E-state index in [0.29, 0.717) is 6.61 Å². The summed E-state index contributed by atoms with van der Waals surface area (Å²) in [6.07, 6.45) is 4.67. The van der Waals surface area contributed by atoms with E-state index in [9.17, 15) is 4.79 Å². The van der Waals surface area contributed by atoms with Crippen LogP contribution in [0.2, 0.25) is 0 Å². The molecule has 0 radical (unpaired) electrons. The molecule has 18 heavy (non-hydrogen) atoms. The van der Waals surface area contributed by atoms with Gasteiger partial charge in [0, 0.05) is 11.6 Å². The third kappa shape index (κ3) is 2.85. The minimum atomic E-state index is -0.355. The second kappa shape index (κ2) is 5.82. The summed E-state index contributed by atoms with van der Waals surface area (Å²) in [5.41, 5.74) is 2.60. The Morgan fingerprint density at radius 2 is 2.17 bits per heavy atom. The molecular weight excluding hydrogens is 228 g/mol. The number of nitrogens with one attached hydrogen (secondary N) is 1. The monoisotopic (exact) mass is 242 g/mol. The highest BCUT2D eigenvalue weighted by molar-refractivity contribution is 5.88. The number of aromatic nitrogens is 2. The molecule has 0 unspecified atom stereocenters. The molecular formula is C14H14N2O2. The van der Waals surface area contributed by atoms with Crippen molar-refractivity contribution >= 4 is 12.0 Å². The molecule has 0 amide bonds. The topological polar surface area (TPSA) is 55.0 Å². The van der Waals surface area contributed by atoms with E-state index in [1.54, 1.807) is 19.3 Å². The molecule has 0 saturated heterocycles. The molecule has 0 spiro atoms. The standard InChI is InChI=1S/C14H14N2O2/c1-2-18-13(17)9-8-12-14(16-10-15-12)11-6-4-3-5-7-11/h3-10H,2H2,1H3,(H,15,16)/b9-8-. The van der Waals surface area contributed by atoms with Crippen LogP contribution in [0.4, 0.5) is 0 Å². The molecule has 0 aliphatic heterocycles. The molecule has 4 nitrogen and oxygen atoms in total. The minimum Gasteiger partial charge on any atom is -0.463 e. The molecule has 0 saturated carbocycles. The van der Waals surface area contributed by atoms with Gasteiger partial charge in [-0.1, -0.05) is 30.3 Å². The van der Waals surface area contributed by atoms with E-state index in [-0.39, 0.29) is 5.97 Å². The molecule has 0 atom stereocenters. The zero-order chi connectivity index (χ0) is 12.8. The summed E-state index contributed by atoms with van der Waals surface area (Å²) in [5.74, 6) is -0.355. The van der Waals surface area contributed by atoms with Crippen molar-refractivity contribution in [1.29, 1.82) is 0 Å². The Kier molecular flexibility index (Phi) is 3.91. The molecule has 4 heteroatoms. The maximum absolute atomic E-state index is 11.2. The quantitative estimate of drug-likeness (QED) is 0.662. The van der Waals surface area contributed by atoms with Gasteiger partial charge in [0.05, 0.1) is 24.3 Å². The number of esters is 1. The van der Waals surface area contributed by atoms with Crippen LogP contribution in [0.15, 0.2) is 42.7 Å². The van der Waals surface area contributed by atoms with Crippen molar-refractivity contribution in [3.05, 3.63) is 48.4 Å². The summed E-state index contributed by atoms with van der Waals surface area (Å²) in [6.45, 7) is 2.15. The number of H-pyrrole nitrogens is 1. The van der Waals surface area contributed by atoms with Crippen molar-refractivity contribution in [2.75, 3.05) is 6.61 Å². The number of carbonyl (C=O) groups is 1. The fourth-order valence-electron chi connectivity index (χ4n) is 1.60. The number of imidazole rings is 1. The Hall–Kier alpha value is -2.36. The van der Waals surface area contributed by atoms with Gasteiger partial charge in [0.2, 0.25) is 0 Å². The number of hydrogen-bond donors (Lipinski definition) is 1. The van der Waals surface area contributed by atoms with Crippen LogP contribution in [-0.2, 0) is 9.53 Å². The predicted octanol–water partition coefficient (Wildman–Crippen LogP) is 2.65. The van der Waals surface area contributed by atoms with Crippen LogP contribution in [0.1, 0.15) is 12.6 Å². The number of carbonyl (C=O) groups excluding carboxylic acids is 1. The zero-order valence-electron chi connectivity index (χ0n) is 10.1. The number of aromatic amines is 1.